The van der Waals surface area contributed by atoms with E-state index in [0.717, 1.165) is 54.8 Å². The Kier molecular flexibility index (Phi) is 7.20. The monoisotopic (exact) mass is 457 g/mol. The van der Waals surface area contributed by atoms with Gasteiger partial charge < -0.3 is 10.2 Å². The third kappa shape index (κ3) is 5.25. The summed E-state index contributed by atoms with van der Waals surface area (Å²) in [5.41, 5.74) is 3.79. The van der Waals surface area contributed by atoms with Crippen LogP contribution in [-0.4, -0.2) is 61.6 Å². The van der Waals surface area contributed by atoms with Crippen LogP contribution in [0.2, 0.25) is 5.02 Å². The number of rotatable bonds is 6. The average molecular weight is 458 g/mol. The van der Waals surface area contributed by atoms with Crippen LogP contribution in [0.25, 0.3) is 0 Å². The number of Topliss-reactive ketones (excluding diaryl/α,β-unsaturated/α-hetero) is 1. The van der Waals surface area contributed by atoms with Crippen molar-refractivity contribution in [3.63, 3.8) is 0 Å². The van der Waals surface area contributed by atoms with Gasteiger partial charge in [-0.2, -0.15) is 0 Å². The second kappa shape index (κ2) is 10.1. The first-order valence-corrected chi connectivity index (χ1v) is 12.2. The van der Waals surface area contributed by atoms with Gasteiger partial charge in [0.25, 0.3) is 5.91 Å². The first kappa shape index (κ1) is 22.2. The minimum Gasteiger partial charge on any atom is -0.369 e. The molecule has 31 heavy (non-hydrogen) atoms. The average Bonchev–Trinajstić information content (AvgIpc) is 2.78. The van der Waals surface area contributed by atoms with Crippen LogP contribution in [0.5, 0.6) is 0 Å². The molecule has 0 aromatic heterocycles. The van der Waals surface area contributed by atoms with Gasteiger partial charge in [0, 0.05) is 66.1 Å². The van der Waals surface area contributed by atoms with E-state index in [2.05, 4.69) is 34.2 Å². The molecular formula is C24H28ClN3O2S. The van der Waals surface area contributed by atoms with E-state index in [9.17, 15) is 9.59 Å². The molecule has 2 aliphatic heterocycles. The topological polar surface area (TPSA) is 52.6 Å². The van der Waals surface area contributed by atoms with Crippen molar-refractivity contribution < 1.29 is 9.59 Å². The fourth-order valence-corrected chi connectivity index (χ4v) is 5.52. The lowest BCUT2D eigenvalue weighted by Gasteiger charge is -2.37. The van der Waals surface area contributed by atoms with Crippen molar-refractivity contribution in [1.82, 2.24) is 10.2 Å². The Morgan fingerprint density at radius 3 is 2.77 bits per heavy atom. The van der Waals surface area contributed by atoms with Crippen LogP contribution in [-0.2, 0) is 0 Å². The summed E-state index contributed by atoms with van der Waals surface area (Å²) < 4.78 is 0. The zero-order valence-corrected chi connectivity index (χ0v) is 19.4. The number of hydrogen-bond donors (Lipinski definition) is 1. The summed E-state index contributed by atoms with van der Waals surface area (Å²) in [6, 6.07) is 11.5. The van der Waals surface area contributed by atoms with Gasteiger partial charge in [0.1, 0.15) is 0 Å². The Bertz CT molecular complexity index is 973. The molecular weight excluding hydrogens is 430 g/mol. The molecule has 2 heterocycles. The summed E-state index contributed by atoms with van der Waals surface area (Å²) in [5, 5.41) is 3.82. The zero-order valence-electron chi connectivity index (χ0n) is 17.8. The highest BCUT2D eigenvalue weighted by Gasteiger charge is 2.23. The lowest BCUT2D eigenvalue weighted by atomic mass is 10.0. The van der Waals surface area contributed by atoms with Gasteiger partial charge in [-0.05, 0) is 43.7 Å². The van der Waals surface area contributed by atoms with Gasteiger partial charge in [-0.3, -0.25) is 14.5 Å². The highest BCUT2D eigenvalue weighted by molar-refractivity contribution is 7.99. The normalized spacial score (nSPS) is 16.8. The van der Waals surface area contributed by atoms with Gasteiger partial charge in [-0.1, -0.05) is 29.8 Å². The molecule has 0 radical (unpaired) electrons. The molecule has 0 bridgehead atoms. The SMILES string of the molecule is Cc1ccc(Cl)cc1N1CCN(CCCNC(=O)c2cccc3c2SCCC3=O)CC1. The minimum atomic E-state index is -0.0831. The number of nitrogens with one attached hydrogen (secondary N) is 1. The van der Waals surface area contributed by atoms with E-state index < -0.39 is 0 Å². The molecule has 1 N–H and O–H groups in total. The Balaban J connectivity index is 1.22. The van der Waals surface area contributed by atoms with Gasteiger partial charge >= 0.3 is 0 Å². The van der Waals surface area contributed by atoms with Crippen LogP contribution < -0.4 is 10.2 Å². The molecule has 4 rings (SSSR count). The zero-order chi connectivity index (χ0) is 21.8. The van der Waals surface area contributed by atoms with Gasteiger partial charge in [-0.15, -0.1) is 11.8 Å². The number of aryl methyl sites for hydroxylation is 1. The number of carbonyl (C=O) groups excluding carboxylic acids is 2. The van der Waals surface area contributed by atoms with Crippen molar-refractivity contribution >= 4 is 40.7 Å². The van der Waals surface area contributed by atoms with Crippen molar-refractivity contribution in [1.29, 1.82) is 0 Å². The van der Waals surface area contributed by atoms with Gasteiger partial charge in [0.15, 0.2) is 5.78 Å². The van der Waals surface area contributed by atoms with Crippen LogP contribution in [0.1, 0.15) is 39.1 Å². The fourth-order valence-electron chi connectivity index (χ4n) is 4.21. The Labute approximate surface area is 193 Å². The quantitative estimate of drug-likeness (QED) is 0.656. The van der Waals surface area contributed by atoms with Gasteiger partial charge in [0.05, 0.1) is 5.56 Å². The van der Waals surface area contributed by atoms with Crippen molar-refractivity contribution in [3.8, 4) is 0 Å². The van der Waals surface area contributed by atoms with Crippen LogP contribution in [0.15, 0.2) is 41.3 Å². The summed E-state index contributed by atoms with van der Waals surface area (Å²) in [5.74, 6) is 0.799. The van der Waals surface area contributed by atoms with E-state index in [1.807, 2.05) is 18.2 Å². The van der Waals surface area contributed by atoms with Crippen LogP contribution in [0, 0.1) is 6.92 Å². The number of thioether (sulfide) groups is 1. The van der Waals surface area contributed by atoms with E-state index in [-0.39, 0.29) is 11.7 Å². The molecule has 1 amide bonds. The summed E-state index contributed by atoms with van der Waals surface area (Å²) in [6.07, 6.45) is 1.45. The largest absolute Gasteiger partial charge is 0.369 e. The van der Waals surface area contributed by atoms with E-state index in [1.54, 1.807) is 17.8 Å². The molecule has 5 nitrogen and oxygen atoms in total. The van der Waals surface area contributed by atoms with Crippen LogP contribution in [0.3, 0.4) is 0 Å². The Morgan fingerprint density at radius 1 is 1.16 bits per heavy atom. The highest BCUT2D eigenvalue weighted by Crippen LogP contribution is 2.33. The van der Waals surface area contributed by atoms with Crippen molar-refractivity contribution in [3.05, 3.63) is 58.1 Å². The number of nitrogens with zero attached hydrogens (tertiary/aromatic N) is 2. The summed E-state index contributed by atoms with van der Waals surface area (Å²) in [7, 11) is 0. The lowest BCUT2D eigenvalue weighted by Crippen LogP contribution is -2.47. The number of carbonyl (C=O) groups is 2. The summed E-state index contributed by atoms with van der Waals surface area (Å²) in [6.45, 7) is 7.69. The van der Waals surface area contributed by atoms with E-state index in [0.29, 0.717) is 24.1 Å². The van der Waals surface area contributed by atoms with Gasteiger partial charge in [-0.25, -0.2) is 0 Å². The maximum Gasteiger partial charge on any atom is 0.252 e. The van der Waals surface area contributed by atoms with E-state index in [1.165, 1.54) is 11.3 Å². The first-order valence-electron chi connectivity index (χ1n) is 10.8. The minimum absolute atomic E-state index is 0.0831. The van der Waals surface area contributed by atoms with E-state index in [4.69, 9.17) is 11.6 Å². The third-order valence-electron chi connectivity index (χ3n) is 5.96. The maximum absolute atomic E-state index is 12.7. The smallest absolute Gasteiger partial charge is 0.252 e. The molecule has 0 spiro atoms. The Hall–Kier alpha value is -2.02. The van der Waals surface area contributed by atoms with E-state index >= 15 is 0 Å². The second-order valence-corrected chi connectivity index (χ2v) is 9.61. The first-order chi connectivity index (χ1) is 15.0. The number of anilines is 1. The molecule has 7 heteroatoms. The molecule has 0 saturated carbocycles. The van der Waals surface area contributed by atoms with Crippen molar-refractivity contribution in [2.75, 3.05) is 49.9 Å². The van der Waals surface area contributed by atoms with Crippen molar-refractivity contribution in [2.45, 2.75) is 24.7 Å². The number of amides is 1. The van der Waals surface area contributed by atoms with Crippen LogP contribution >= 0.6 is 23.4 Å². The molecule has 2 aromatic carbocycles. The number of piperazine rings is 1. The summed E-state index contributed by atoms with van der Waals surface area (Å²) in [4.78, 5) is 30.4. The van der Waals surface area contributed by atoms with Crippen LogP contribution in [0.4, 0.5) is 5.69 Å². The molecule has 1 fully saturated rings. The predicted molar refractivity (Wildman–Crippen MR) is 128 cm³/mol. The number of fused-ring (bicyclic) bond motifs is 1. The number of ketones is 1. The Morgan fingerprint density at radius 2 is 1.97 bits per heavy atom. The molecule has 0 aliphatic carbocycles. The third-order valence-corrected chi connectivity index (χ3v) is 7.33. The molecule has 1 saturated heterocycles. The molecule has 164 valence electrons. The summed E-state index contributed by atoms with van der Waals surface area (Å²) >= 11 is 7.78. The molecule has 0 unspecified atom stereocenters. The predicted octanol–water partition coefficient (Wildman–Crippen LogP) is 4.27. The fraction of sp³-hybridized carbons (Fsp3) is 0.417. The number of halogens is 1. The number of hydrogen-bond acceptors (Lipinski definition) is 5. The molecule has 2 aromatic rings. The molecule has 0 atom stereocenters. The van der Waals surface area contributed by atoms with Gasteiger partial charge in [0.2, 0.25) is 0 Å². The van der Waals surface area contributed by atoms with Crippen molar-refractivity contribution in [2.24, 2.45) is 0 Å². The highest BCUT2D eigenvalue weighted by atomic mass is 35.5. The second-order valence-electron chi connectivity index (χ2n) is 8.07. The maximum atomic E-state index is 12.7. The lowest BCUT2D eigenvalue weighted by molar-refractivity contribution is 0.0948. The standard InChI is InChI=1S/C24H28ClN3O2S/c1-17-6-7-18(25)16-21(17)28-13-11-27(12-14-28)10-3-9-26-24(30)20-5-2-4-19-22(29)8-15-31-23(19)20/h2,4-7,16H,3,8-15H2,1H3,(H,26,30). The number of benzene rings is 2. The molecule has 2 aliphatic rings.